The van der Waals surface area contributed by atoms with Crippen LogP contribution in [-0.2, 0) is 14.8 Å². The van der Waals surface area contributed by atoms with E-state index in [1.54, 1.807) is 28.2 Å². The standard InChI is InChI=1S/C23H26ClNO5S3/c1-4-9-25(10-11-31-18-6-7-20(15(2)12-18)30-14-22(26)27)33(28,29)23-16(3)19-13-17(24)5-8-21(19)32-23/h5-8,12-13H,4,9-11,14H2,1-3H3,(H,26,27). The van der Waals surface area contributed by atoms with Crippen LogP contribution in [0.25, 0.3) is 10.1 Å². The zero-order valence-electron chi connectivity index (χ0n) is 18.6. The van der Waals surface area contributed by atoms with Gasteiger partial charge >= 0.3 is 5.97 Å². The van der Waals surface area contributed by atoms with E-state index in [0.29, 0.717) is 40.2 Å². The Morgan fingerprint density at radius 2 is 1.94 bits per heavy atom. The van der Waals surface area contributed by atoms with Crippen molar-refractivity contribution in [2.75, 3.05) is 25.4 Å². The smallest absolute Gasteiger partial charge is 0.341 e. The number of thioether (sulfide) groups is 1. The van der Waals surface area contributed by atoms with Crippen LogP contribution < -0.4 is 4.74 Å². The lowest BCUT2D eigenvalue weighted by Crippen LogP contribution is -2.33. The number of fused-ring (bicyclic) bond motifs is 1. The summed E-state index contributed by atoms with van der Waals surface area (Å²) in [5.41, 5.74) is 1.57. The minimum atomic E-state index is -3.63. The molecule has 10 heteroatoms. The fraction of sp³-hybridized carbons (Fsp3) is 0.348. The number of carboxylic acids is 1. The molecule has 0 atom stereocenters. The minimum absolute atomic E-state index is 0.369. The van der Waals surface area contributed by atoms with Crippen LogP contribution in [0.1, 0.15) is 24.5 Å². The highest BCUT2D eigenvalue weighted by molar-refractivity contribution is 7.99. The molecule has 0 fully saturated rings. The van der Waals surface area contributed by atoms with Crippen LogP contribution >= 0.6 is 34.7 Å². The molecule has 1 heterocycles. The van der Waals surface area contributed by atoms with Gasteiger partial charge in [0.2, 0.25) is 0 Å². The van der Waals surface area contributed by atoms with Crippen LogP contribution in [0.15, 0.2) is 45.5 Å². The second-order valence-corrected chi connectivity index (χ2v) is 12.3. The van der Waals surface area contributed by atoms with Crippen LogP contribution in [0.3, 0.4) is 0 Å². The summed E-state index contributed by atoms with van der Waals surface area (Å²) in [4.78, 5) is 11.7. The van der Waals surface area contributed by atoms with Crippen molar-refractivity contribution in [2.24, 2.45) is 0 Å². The highest BCUT2D eigenvalue weighted by Crippen LogP contribution is 2.37. The van der Waals surface area contributed by atoms with E-state index in [-0.39, 0.29) is 6.61 Å². The number of hydrogen-bond donors (Lipinski definition) is 1. The number of sulfonamides is 1. The van der Waals surface area contributed by atoms with E-state index in [1.807, 2.05) is 45.0 Å². The minimum Gasteiger partial charge on any atom is -0.482 e. The normalized spacial score (nSPS) is 11.9. The summed E-state index contributed by atoms with van der Waals surface area (Å²) in [7, 11) is -3.63. The van der Waals surface area contributed by atoms with Crippen molar-refractivity contribution in [1.82, 2.24) is 4.31 Å². The van der Waals surface area contributed by atoms with Crippen LogP contribution in [0.2, 0.25) is 5.02 Å². The molecule has 0 aliphatic rings. The molecule has 3 aromatic rings. The van der Waals surface area contributed by atoms with Gasteiger partial charge in [-0.25, -0.2) is 13.2 Å². The summed E-state index contributed by atoms with van der Waals surface area (Å²) in [6.07, 6.45) is 0.717. The molecule has 0 aliphatic carbocycles. The molecular formula is C23H26ClNO5S3. The van der Waals surface area contributed by atoms with Gasteiger partial charge in [0.15, 0.2) is 6.61 Å². The van der Waals surface area contributed by atoms with Gasteiger partial charge < -0.3 is 9.84 Å². The molecule has 0 saturated heterocycles. The number of benzene rings is 2. The van der Waals surface area contributed by atoms with Crippen molar-refractivity contribution in [3.8, 4) is 5.75 Å². The summed E-state index contributed by atoms with van der Waals surface area (Å²) in [5, 5.41) is 10.2. The predicted octanol–water partition coefficient (Wildman–Crippen LogP) is 5.83. The Hall–Kier alpha value is -1.78. The maximum absolute atomic E-state index is 13.5. The van der Waals surface area contributed by atoms with Crippen LogP contribution in [0.4, 0.5) is 0 Å². The molecule has 178 valence electrons. The second kappa shape index (κ2) is 11.1. The molecule has 1 aromatic heterocycles. The van der Waals surface area contributed by atoms with Gasteiger partial charge in [0.1, 0.15) is 9.96 Å². The third-order valence-corrected chi connectivity index (χ3v) is 9.99. The molecule has 2 aromatic carbocycles. The Labute approximate surface area is 207 Å². The van der Waals surface area contributed by atoms with E-state index in [9.17, 15) is 13.2 Å². The molecular weight excluding hydrogens is 502 g/mol. The average molecular weight is 528 g/mol. The predicted molar refractivity (Wildman–Crippen MR) is 136 cm³/mol. The SMILES string of the molecule is CCCN(CCSc1ccc(OCC(=O)O)c(C)c1)S(=O)(=O)c1sc2ccc(Cl)cc2c1C. The first kappa shape index (κ1) is 25.8. The summed E-state index contributed by atoms with van der Waals surface area (Å²) >= 11 is 8.95. The number of aliphatic carboxylic acids is 1. The average Bonchev–Trinajstić information content (AvgIpc) is 3.09. The number of carbonyl (C=O) groups is 1. The molecule has 0 radical (unpaired) electrons. The summed E-state index contributed by atoms with van der Waals surface area (Å²) < 4.78 is 35.1. The van der Waals surface area contributed by atoms with Gasteiger partial charge in [-0.1, -0.05) is 18.5 Å². The molecule has 3 rings (SSSR count). The Morgan fingerprint density at radius 1 is 1.18 bits per heavy atom. The van der Waals surface area contributed by atoms with Crippen LogP contribution in [0, 0.1) is 13.8 Å². The fourth-order valence-corrected chi connectivity index (χ4v) is 8.09. The van der Waals surface area contributed by atoms with Gasteiger partial charge in [0.05, 0.1) is 0 Å². The van der Waals surface area contributed by atoms with Crippen molar-refractivity contribution in [3.05, 3.63) is 52.5 Å². The quantitative estimate of drug-likeness (QED) is 0.316. The first-order valence-electron chi connectivity index (χ1n) is 10.4. The first-order valence-corrected chi connectivity index (χ1v) is 14.0. The van der Waals surface area contributed by atoms with Gasteiger partial charge in [0.25, 0.3) is 10.0 Å². The maximum Gasteiger partial charge on any atom is 0.341 e. The number of ether oxygens (including phenoxy) is 1. The summed E-state index contributed by atoms with van der Waals surface area (Å²) in [6.45, 7) is 6.08. The third-order valence-electron chi connectivity index (χ3n) is 5.01. The van der Waals surface area contributed by atoms with Gasteiger partial charge in [-0.3, -0.25) is 0 Å². The zero-order chi connectivity index (χ0) is 24.2. The third kappa shape index (κ3) is 6.22. The number of carboxylic acid groups (broad SMARTS) is 1. The molecule has 0 aliphatic heterocycles. The fourth-order valence-electron chi connectivity index (χ4n) is 3.41. The number of halogens is 1. The molecule has 0 unspecified atom stereocenters. The maximum atomic E-state index is 13.5. The zero-order valence-corrected chi connectivity index (χ0v) is 21.8. The lowest BCUT2D eigenvalue weighted by molar-refractivity contribution is -0.139. The van der Waals surface area contributed by atoms with Crippen LogP contribution in [0.5, 0.6) is 5.75 Å². The van der Waals surface area contributed by atoms with E-state index in [4.69, 9.17) is 21.4 Å². The number of hydrogen-bond acceptors (Lipinski definition) is 6. The number of nitrogens with zero attached hydrogens (tertiary/aromatic N) is 1. The van der Waals surface area contributed by atoms with Crippen molar-refractivity contribution in [2.45, 2.75) is 36.3 Å². The topological polar surface area (TPSA) is 83.9 Å². The Balaban J connectivity index is 1.73. The van der Waals surface area contributed by atoms with Gasteiger partial charge in [-0.05, 0) is 73.2 Å². The van der Waals surface area contributed by atoms with Gasteiger partial charge in [0, 0.05) is 33.5 Å². The summed E-state index contributed by atoms with van der Waals surface area (Å²) in [5.74, 6) is 0.0864. The molecule has 6 nitrogen and oxygen atoms in total. The highest BCUT2D eigenvalue weighted by atomic mass is 35.5. The van der Waals surface area contributed by atoms with E-state index < -0.39 is 16.0 Å². The Morgan fingerprint density at radius 3 is 2.61 bits per heavy atom. The van der Waals surface area contributed by atoms with Gasteiger partial charge in [-0.2, -0.15) is 4.31 Å². The number of aryl methyl sites for hydroxylation is 2. The van der Waals surface area contributed by atoms with E-state index >= 15 is 0 Å². The molecule has 1 N–H and O–H groups in total. The van der Waals surface area contributed by atoms with Gasteiger partial charge in [-0.15, -0.1) is 23.1 Å². The molecule has 0 spiro atoms. The molecule has 0 saturated carbocycles. The van der Waals surface area contributed by atoms with Crippen molar-refractivity contribution in [3.63, 3.8) is 0 Å². The molecule has 0 bridgehead atoms. The highest BCUT2D eigenvalue weighted by Gasteiger charge is 2.28. The Kier molecular flexibility index (Phi) is 8.69. The van der Waals surface area contributed by atoms with Crippen molar-refractivity contribution in [1.29, 1.82) is 0 Å². The summed E-state index contributed by atoms with van der Waals surface area (Å²) in [6, 6.07) is 11.0. The lowest BCUT2D eigenvalue weighted by Gasteiger charge is -2.21. The molecule has 33 heavy (non-hydrogen) atoms. The molecule has 0 amide bonds. The first-order chi connectivity index (χ1) is 15.6. The Bertz CT molecular complexity index is 1260. The number of thiophene rings is 1. The monoisotopic (exact) mass is 527 g/mol. The van der Waals surface area contributed by atoms with E-state index in [1.165, 1.54) is 11.3 Å². The van der Waals surface area contributed by atoms with E-state index in [2.05, 4.69) is 0 Å². The number of rotatable bonds is 11. The van der Waals surface area contributed by atoms with E-state index in [0.717, 1.165) is 26.1 Å². The second-order valence-electron chi connectivity index (χ2n) is 7.52. The van der Waals surface area contributed by atoms with Crippen LogP contribution in [-0.4, -0.2) is 49.2 Å². The largest absolute Gasteiger partial charge is 0.482 e. The van der Waals surface area contributed by atoms with Crippen molar-refractivity contribution < 1.29 is 23.1 Å². The van der Waals surface area contributed by atoms with Crippen molar-refractivity contribution >= 4 is 60.8 Å². The lowest BCUT2D eigenvalue weighted by atomic mass is 10.2.